The van der Waals surface area contributed by atoms with Crippen molar-refractivity contribution in [1.29, 1.82) is 0 Å². The molecule has 2 heterocycles. The number of imidazole rings is 1. The van der Waals surface area contributed by atoms with Gasteiger partial charge in [-0.05, 0) is 55.9 Å². The van der Waals surface area contributed by atoms with Gasteiger partial charge in [-0.15, -0.1) is 24.0 Å². The van der Waals surface area contributed by atoms with Gasteiger partial charge in [0.2, 0.25) is 0 Å². The summed E-state index contributed by atoms with van der Waals surface area (Å²) < 4.78 is 8.19. The predicted molar refractivity (Wildman–Crippen MR) is 138 cm³/mol. The molecule has 0 aliphatic heterocycles. The smallest absolute Gasteiger partial charge is 0.191 e. The van der Waals surface area contributed by atoms with Gasteiger partial charge in [-0.2, -0.15) is 0 Å². The lowest BCUT2D eigenvalue weighted by Crippen LogP contribution is -2.36. The maximum atomic E-state index is 6.31. The van der Waals surface area contributed by atoms with Gasteiger partial charge < -0.3 is 15.4 Å². The molecular weight excluding hydrogens is 515 g/mol. The lowest BCUT2D eigenvalue weighted by atomic mass is 10.1. The predicted octanol–water partition coefficient (Wildman–Crippen LogP) is 4.38. The van der Waals surface area contributed by atoms with Gasteiger partial charge in [0.1, 0.15) is 17.9 Å². The molecule has 0 saturated heterocycles. The van der Waals surface area contributed by atoms with Gasteiger partial charge in [0.15, 0.2) is 5.96 Å². The van der Waals surface area contributed by atoms with Gasteiger partial charge in [-0.1, -0.05) is 18.2 Å². The zero-order chi connectivity index (χ0) is 21.5. The first-order chi connectivity index (χ1) is 15.2. The maximum absolute atomic E-state index is 6.31. The van der Waals surface area contributed by atoms with Gasteiger partial charge in [0.05, 0.1) is 6.10 Å². The number of pyridine rings is 1. The van der Waals surface area contributed by atoms with Crippen molar-refractivity contribution in [3.05, 3.63) is 71.9 Å². The molecule has 32 heavy (non-hydrogen) atoms. The SMILES string of the molecule is CN=C(NCc1ccc(-n2ccnc2)nc1)NCc1ccc(C)cc1OC1CCCC1.I. The summed E-state index contributed by atoms with van der Waals surface area (Å²) in [5.41, 5.74) is 3.44. The van der Waals surface area contributed by atoms with Crippen molar-refractivity contribution in [2.75, 3.05) is 7.05 Å². The molecule has 0 amide bonds. The summed E-state index contributed by atoms with van der Waals surface area (Å²) in [5.74, 6) is 2.57. The molecule has 2 N–H and O–H groups in total. The largest absolute Gasteiger partial charge is 0.490 e. The average Bonchev–Trinajstić information content (AvgIpc) is 3.50. The van der Waals surface area contributed by atoms with Crippen LogP contribution in [0.4, 0.5) is 0 Å². The van der Waals surface area contributed by atoms with Gasteiger partial charge >= 0.3 is 0 Å². The van der Waals surface area contributed by atoms with Crippen LogP contribution in [0.15, 0.2) is 60.2 Å². The number of benzene rings is 1. The number of guanidine groups is 1. The summed E-state index contributed by atoms with van der Waals surface area (Å²) >= 11 is 0. The van der Waals surface area contributed by atoms with Gasteiger partial charge in [-0.25, -0.2) is 9.97 Å². The summed E-state index contributed by atoms with van der Waals surface area (Å²) in [6.07, 6.45) is 12.4. The number of hydrogen-bond donors (Lipinski definition) is 2. The van der Waals surface area contributed by atoms with Crippen molar-refractivity contribution in [2.45, 2.75) is 51.8 Å². The van der Waals surface area contributed by atoms with Crippen LogP contribution in [0.1, 0.15) is 42.4 Å². The first-order valence-corrected chi connectivity index (χ1v) is 10.9. The fourth-order valence-electron chi connectivity index (χ4n) is 3.76. The number of halogens is 1. The van der Waals surface area contributed by atoms with E-state index in [1.165, 1.54) is 18.4 Å². The molecule has 1 saturated carbocycles. The van der Waals surface area contributed by atoms with Crippen molar-refractivity contribution < 1.29 is 4.74 Å². The Hall–Kier alpha value is -2.62. The molecule has 1 aliphatic rings. The zero-order valence-corrected chi connectivity index (χ0v) is 21.0. The van der Waals surface area contributed by atoms with E-state index < -0.39 is 0 Å². The number of hydrogen-bond acceptors (Lipinski definition) is 4. The molecule has 1 aromatic carbocycles. The van der Waals surface area contributed by atoms with Crippen LogP contribution < -0.4 is 15.4 Å². The van der Waals surface area contributed by atoms with E-state index in [2.05, 4.69) is 56.8 Å². The number of ether oxygens (including phenoxy) is 1. The zero-order valence-electron chi connectivity index (χ0n) is 18.6. The summed E-state index contributed by atoms with van der Waals surface area (Å²) in [5, 5.41) is 6.75. The number of nitrogens with zero attached hydrogens (tertiary/aromatic N) is 4. The van der Waals surface area contributed by atoms with Gasteiger partial charge in [0, 0.05) is 44.3 Å². The first kappa shape index (κ1) is 24.0. The molecule has 1 aliphatic carbocycles. The quantitative estimate of drug-likeness (QED) is 0.262. The second-order valence-electron chi connectivity index (χ2n) is 7.91. The molecule has 1 fully saturated rings. The van der Waals surface area contributed by atoms with E-state index >= 15 is 0 Å². The Morgan fingerprint density at radius 3 is 2.66 bits per heavy atom. The summed E-state index contributed by atoms with van der Waals surface area (Å²) in [6.45, 7) is 3.39. The third-order valence-corrected chi connectivity index (χ3v) is 5.53. The van der Waals surface area contributed by atoms with Crippen LogP contribution in [0.3, 0.4) is 0 Å². The molecule has 2 aromatic heterocycles. The van der Waals surface area contributed by atoms with Crippen LogP contribution in [0.5, 0.6) is 5.75 Å². The normalized spacial score (nSPS) is 14.1. The van der Waals surface area contributed by atoms with Gasteiger partial charge in [0.25, 0.3) is 0 Å². The lowest BCUT2D eigenvalue weighted by molar-refractivity contribution is 0.207. The Kier molecular flexibility index (Phi) is 8.90. The Labute approximate surface area is 206 Å². The van der Waals surface area contributed by atoms with Crippen LogP contribution >= 0.6 is 24.0 Å². The van der Waals surface area contributed by atoms with E-state index in [0.29, 0.717) is 19.2 Å². The number of aryl methyl sites for hydroxylation is 1. The molecular formula is C24H31IN6O. The minimum absolute atomic E-state index is 0. The van der Waals surface area contributed by atoms with Crippen molar-refractivity contribution in [2.24, 2.45) is 4.99 Å². The third kappa shape index (κ3) is 6.44. The Balaban J connectivity index is 0.00000289. The number of aromatic nitrogens is 3. The van der Waals surface area contributed by atoms with Crippen molar-refractivity contribution in [3.8, 4) is 11.6 Å². The second-order valence-corrected chi connectivity index (χ2v) is 7.91. The molecule has 170 valence electrons. The summed E-state index contributed by atoms with van der Waals surface area (Å²) in [7, 11) is 1.78. The minimum Gasteiger partial charge on any atom is -0.490 e. The van der Waals surface area contributed by atoms with Crippen LogP contribution in [0, 0.1) is 6.92 Å². The first-order valence-electron chi connectivity index (χ1n) is 10.9. The monoisotopic (exact) mass is 546 g/mol. The van der Waals surface area contributed by atoms with Crippen molar-refractivity contribution in [3.63, 3.8) is 0 Å². The highest BCUT2D eigenvalue weighted by molar-refractivity contribution is 14.0. The topological polar surface area (TPSA) is 76.4 Å². The molecule has 3 aromatic rings. The highest BCUT2D eigenvalue weighted by Gasteiger charge is 2.18. The van der Waals surface area contributed by atoms with Crippen LogP contribution in [0.25, 0.3) is 5.82 Å². The molecule has 0 atom stereocenters. The fraction of sp³-hybridized carbons (Fsp3) is 0.375. The van der Waals surface area contributed by atoms with Crippen LogP contribution in [-0.4, -0.2) is 33.6 Å². The number of nitrogens with one attached hydrogen (secondary N) is 2. The lowest BCUT2D eigenvalue weighted by Gasteiger charge is -2.18. The maximum Gasteiger partial charge on any atom is 0.191 e. The van der Waals surface area contributed by atoms with E-state index in [1.807, 2.05) is 23.0 Å². The van der Waals surface area contributed by atoms with E-state index in [9.17, 15) is 0 Å². The fourth-order valence-corrected chi connectivity index (χ4v) is 3.76. The van der Waals surface area contributed by atoms with E-state index in [-0.39, 0.29) is 24.0 Å². The van der Waals surface area contributed by atoms with E-state index in [0.717, 1.165) is 41.5 Å². The molecule has 0 radical (unpaired) electrons. The second kappa shape index (κ2) is 11.8. The Morgan fingerprint density at radius 2 is 1.97 bits per heavy atom. The van der Waals surface area contributed by atoms with E-state index in [1.54, 1.807) is 19.6 Å². The van der Waals surface area contributed by atoms with Crippen molar-refractivity contribution >= 4 is 29.9 Å². The highest BCUT2D eigenvalue weighted by atomic mass is 127. The standard InChI is InChI=1S/C24H30N6O.HI/c1-18-7-9-20(22(13-18)31-21-5-3-4-6-21)16-29-24(25-2)28-15-19-8-10-23(27-14-19)30-12-11-26-17-30;/h7-14,17,21H,3-6,15-16H2,1-2H3,(H2,25,28,29);1H. The molecule has 0 spiro atoms. The summed E-state index contributed by atoms with van der Waals surface area (Å²) in [6, 6.07) is 10.4. The van der Waals surface area contributed by atoms with Crippen molar-refractivity contribution in [1.82, 2.24) is 25.2 Å². The Bertz CT molecular complexity index is 998. The molecule has 4 rings (SSSR count). The Morgan fingerprint density at radius 1 is 1.16 bits per heavy atom. The van der Waals surface area contributed by atoms with E-state index in [4.69, 9.17) is 4.74 Å². The minimum atomic E-state index is 0. The van der Waals surface area contributed by atoms with Crippen LogP contribution in [-0.2, 0) is 13.1 Å². The average molecular weight is 546 g/mol. The molecule has 8 heteroatoms. The molecule has 7 nitrogen and oxygen atoms in total. The number of rotatable bonds is 7. The molecule has 0 unspecified atom stereocenters. The van der Waals surface area contributed by atoms with Gasteiger partial charge in [-0.3, -0.25) is 9.56 Å². The summed E-state index contributed by atoms with van der Waals surface area (Å²) in [4.78, 5) is 12.9. The number of aliphatic imine (C=N–C) groups is 1. The third-order valence-electron chi connectivity index (χ3n) is 5.53. The van der Waals surface area contributed by atoms with Crippen LogP contribution in [0.2, 0.25) is 0 Å². The molecule has 0 bridgehead atoms. The highest BCUT2D eigenvalue weighted by Crippen LogP contribution is 2.27.